The smallest absolute Gasteiger partial charge is 0.262 e. The second-order valence-corrected chi connectivity index (χ2v) is 5.80. The molecule has 0 aromatic heterocycles. The van der Waals surface area contributed by atoms with Crippen LogP contribution in [0.5, 0.6) is 0 Å². The number of allylic oxidation sites excluding steroid dienone is 1. The van der Waals surface area contributed by atoms with Crippen molar-refractivity contribution in [3.05, 3.63) is 59.1 Å². The van der Waals surface area contributed by atoms with Crippen LogP contribution in [0.15, 0.2) is 43.1 Å². The van der Waals surface area contributed by atoms with Crippen molar-refractivity contribution in [2.24, 2.45) is 0 Å². The van der Waals surface area contributed by atoms with Crippen molar-refractivity contribution in [1.82, 2.24) is 10.2 Å². The summed E-state index contributed by atoms with van der Waals surface area (Å²) < 4.78 is 0. The van der Waals surface area contributed by atoms with Crippen LogP contribution in [-0.4, -0.2) is 28.7 Å². The molecule has 3 amide bonds. The van der Waals surface area contributed by atoms with Crippen molar-refractivity contribution < 1.29 is 14.4 Å². The molecule has 5 heteroatoms. The number of carbonyl (C=O) groups excluding carboxylic acids is 3. The number of rotatable bonds is 2. The van der Waals surface area contributed by atoms with Crippen LogP contribution in [0.1, 0.15) is 30.1 Å². The minimum atomic E-state index is -0.826. The van der Waals surface area contributed by atoms with Gasteiger partial charge in [0.15, 0.2) is 0 Å². The molecule has 1 N–H and O–H groups in total. The summed E-state index contributed by atoms with van der Waals surface area (Å²) in [6, 6.07) is 4.46. The monoisotopic (exact) mass is 322 g/mol. The average Bonchev–Trinajstić information content (AvgIpc) is 2.56. The SMILES string of the molecule is C=CC1=c2c(ccc/c2=C/C)C(=O)N(C2CCC(=C)NC2=O)C1=O. The first-order valence-corrected chi connectivity index (χ1v) is 7.78. The van der Waals surface area contributed by atoms with Crippen LogP contribution in [0, 0.1) is 0 Å². The number of amides is 3. The van der Waals surface area contributed by atoms with Crippen LogP contribution in [0.3, 0.4) is 0 Å². The second-order valence-electron chi connectivity index (χ2n) is 5.80. The van der Waals surface area contributed by atoms with Crippen molar-refractivity contribution in [3.8, 4) is 0 Å². The number of hydrogen-bond acceptors (Lipinski definition) is 3. The van der Waals surface area contributed by atoms with Crippen LogP contribution < -0.4 is 15.8 Å². The van der Waals surface area contributed by atoms with E-state index in [0.717, 1.165) is 10.1 Å². The predicted molar refractivity (Wildman–Crippen MR) is 90.9 cm³/mol. The molecular weight excluding hydrogens is 304 g/mol. The highest BCUT2D eigenvalue weighted by molar-refractivity contribution is 6.28. The molecule has 5 nitrogen and oxygen atoms in total. The van der Waals surface area contributed by atoms with Gasteiger partial charge in [-0.3, -0.25) is 19.3 Å². The minimum Gasteiger partial charge on any atom is -0.329 e. The van der Waals surface area contributed by atoms with Gasteiger partial charge in [0.2, 0.25) is 5.91 Å². The fourth-order valence-electron chi connectivity index (χ4n) is 3.23. The van der Waals surface area contributed by atoms with E-state index in [4.69, 9.17) is 0 Å². The third-order valence-electron chi connectivity index (χ3n) is 4.41. The molecule has 1 fully saturated rings. The van der Waals surface area contributed by atoms with E-state index < -0.39 is 17.9 Å². The van der Waals surface area contributed by atoms with Crippen molar-refractivity contribution in [2.45, 2.75) is 25.8 Å². The predicted octanol–water partition coefficient (Wildman–Crippen LogP) is 0.598. The molecule has 0 aliphatic carbocycles. The summed E-state index contributed by atoms with van der Waals surface area (Å²) in [5.74, 6) is -1.31. The number of nitrogens with one attached hydrogen (secondary N) is 1. The van der Waals surface area contributed by atoms with Gasteiger partial charge in [0.25, 0.3) is 11.8 Å². The Bertz CT molecular complexity index is 911. The molecule has 2 heterocycles. The van der Waals surface area contributed by atoms with E-state index in [1.54, 1.807) is 12.1 Å². The van der Waals surface area contributed by atoms with Crippen molar-refractivity contribution in [3.63, 3.8) is 0 Å². The molecule has 0 bridgehead atoms. The first kappa shape index (κ1) is 15.9. The topological polar surface area (TPSA) is 66.5 Å². The fourth-order valence-corrected chi connectivity index (χ4v) is 3.23. The zero-order valence-corrected chi connectivity index (χ0v) is 13.5. The van der Waals surface area contributed by atoms with E-state index >= 15 is 0 Å². The van der Waals surface area contributed by atoms with Crippen molar-refractivity contribution in [2.75, 3.05) is 0 Å². The highest BCUT2D eigenvalue weighted by Gasteiger charge is 2.41. The Balaban J connectivity index is 2.20. The molecule has 24 heavy (non-hydrogen) atoms. The quantitative estimate of drug-likeness (QED) is 0.811. The molecule has 0 radical (unpaired) electrons. The summed E-state index contributed by atoms with van der Waals surface area (Å²) in [4.78, 5) is 39.2. The molecule has 1 aromatic carbocycles. The number of imide groups is 1. The lowest BCUT2D eigenvalue weighted by Crippen LogP contribution is -2.58. The Morgan fingerprint density at radius 2 is 2.00 bits per heavy atom. The lowest BCUT2D eigenvalue weighted by molar-refractivity contribution is -0.134. The first-order chi connectivity index (χ1) is 11.5. The molecule has 1 saturated heterocycles. The molecule has 1 unspecified atom stereocenters. The van der Waals surface area contributed by atoms with Crippen LogP contribution in [0.4, 0.5) is 0 Å². The number of carbonyl (C=O) groups is 3. The fraction of sp³-hybridized carbons (Fsp3) is 0.211. The van der Waals surface area contributed by atoms with E-state index in [2.05, 4.69) is 18.5 Å². The summed E-state index contributed by atoms with van der Waals surface area (Å²) in [7, 11) is 0. The molecule has 3 rings (SSSR count). The standard InChI is InChI=1S/C19H18N2O3/c1-4-12-7-6-8-14-16(12)13(5-2)18(23)21(19(14)24)15-10-9-11(3)20-17(15)22/h4-8,15H,2-3,9-10H2,1H3,(H,20,22)/b12-4-. The van der Waals surface area contributed by atoms with Gasteiger partial charge in [-0.2, -0.15) is 0 Å². The number of fused-ring (bicyclic) bond motifs is 1. The van der Waals surface area contributed by atoms with Gasteiger partial charge in [-0.15, -0.1) is 0 Å². The molecule has 2 aliphatic heterocycles. The van der Waals surface area contributed by atoms with Gasteiger partial charge in [-0.1, -0.05) is 37.4 Å². The van der Waals surface area contributed by atoms with Crippen LogP contribution in [0.25, 0.3) is 11.6 Å². The lowest BCUT2D eigenvalue weighted by atomic mass is 9.94. The Morgan fingerprint density at radius 3 is 2.62 bits per heavy atom. The largest absolute Gasteiger partial charge is 0.329 e. The minimum absolute atomic E-state index is 0.343. The molecular formula is C19H18N2O3. The maximum atomic E-state index is 12.9. The zero-order chi connectivity index (χ0) is 17.4. The second kappa shape index (κ2) is 5.92. The van der Waals surface area contributed by atoms with Crippen molar-refractivity contribution >= 4 is 29.4 Å². The molecule has 1 aromatic rings. The summed E-state index contributed by atoms with van der Waals surface area (Å²) in [6.45, 7) is 9.29. The Morgan fingerprint density at radius 1 is 1.25 bits per heavy atom. The van der Waals surface area contributed by atoms with Crippen molar-refractivity contribution in [1.29, 1.82) is 0 Å². The molecule has 2 aliphatic rings. The maximum Gasteiger partial charge on any atom is 0.262 e. The number of piperidine rings is 1. The van der Waals surface area contributed by atoms with Gasteiger partial charge in [-0.05, 0) is 31.1 Å². The van der Waals surface area contributed by atoms with Gasteiger partial charge < -0.3 is 5.32 Å². The first-order valence-electron chi connectivity index (χ1n) is 7.78. The molecule has 0 saturated carbocycles. The Labute approximate surface area is 139 Å². The van der Waals surface area contributed by atoms with Gasteiger partial charge in [0.05, 0.1) is 0 Å². The van der Waals surface area contributed by atoms with E-state index in [1.807, 2.05) is 19.1 Å². The van der Waals surface area contributed by atoms with E-state index in [1.165, 1.54) is 6.08 Å². The zero-order valence-electron chi connectivity index (χ0n) is 13.5. The lowest BCUT2D eigenvalue weighted by Gasteiger charge is -2.35. The molecule has 0 spiro atoms. The normalized spacial score (nSPS) is 21.7. The molecule has 1 atom stereocenters. The highest BCUT2D eigenvalue weighted by atomic mass is 16.2. The molecule has 122 valence electrons. The van der Waals surface area contributed by atoms with E-state index in [9.17, 15) is 14.4 Å². The van der Waals surface area contributed by atoms with Crippen LogP contribution >= 0.6 is 0 Å². The van der Waals surface area contributed by atoms with Gasteiger partial charge in [0, 0.05) is 22.1 Å². The Hall–Kier alpha value is -2.95. The number of benzene rings is 1. The summed E-state index contributed by atoms with van der Waals surface area (Å²) in [5, 5.41) is 4.01. The summed E-state index contributed by atoms with van der Waals surface area (Å²) in [6.07, 6.45) is 4.21. The third-order valence-corrected chi connectivity index (χ3v) is 4.41. The van der Waals surface area contributed by atoms with E-state index in [-0.39, 0.29) is 5.91 Å². The highest BCUT2D eigenvalue weighted by Crippen LogP contribution is 2.22. The van der Waals surface area contributed by atoms with Gasteiger partial charge >= 0.3 is 0 Å². The van der Waals surface area contributed by atoms with E-state index in [0.29, 0.717) is 34.9 Å². The Kier molecular flexibility index (Phi) is 3.93. The van der Waals surface area contributed by atoms with Crippen LogP contribution in [0.2, 0.25) is 0 Å². The number of hydrogen-bond donors (Lipinski definition) is 1. The summed E-state index contributed by atoms with van der Waals surface area (Å²) in [5.41, 5.74) is 1.36. The summed E-state index contributed by atoms with van der Waals surface area (Å²) >= 11 is 0. The number of nitrogens with zero attached hydrogens (tertiary/aromatic N) is 1. The van der Waals surface area contributed by atoms with Gasteiger partial charge in [-0.25, -0.2) is 0 Å². The third kappa shape index (κ3) is 2.29. The van der Waals surface area contributed by atoms with Gasteiger partial charge in [0.1, 0.15) is 6.04 Å². The maximum absolute atomic E-state index is 12.9. The average molecular weight is 322 g/mol. The van der Waals surface area contributed by atoms with Crippen LogP contribution in [-0.2, 0) is 9.59 Å².